The minimum Gasteiger partial charge on any atom is -0.598 e. The van der Waals surface area contributed by atoms with Gasteiger partial charge in [-0.05, 0) is 52.2 Å². The summed E-state index contributed by atoms with van der Waals surface area (Å²) in [5.74, 6) is 1.02. The van der Waals surface area contributed by atoms with Crippen LogP contribution in [0.25, 0.3) is 10.9 Å². The van der Waals surface area contributed by atoms with E-state index in [1.54, 1.807) is 29.7 Å². The first-order chi connectivity index (χ1) is 19.1. The Balaban J connectivity index is 1.18. The van der Waals surface area contributed by atoms with Gasteiger partial charge in [0.25, 0.3) is 5.56 Å². The largest absolute Gasteiger partial charge is 0.598 e. The fourth-order valence-electron chi connectivity index (χ4n) is 5.37. The summed E-state index contributed by atoms with van der Waals surface area (Å²) in [5, 5.41) is 1.15. The molecule has 4 N–H and O–H groups in total. The molecule has 1 saturated heterocycles. The van der Waals surface area contributed by atoms with Crippen LogP contribution in [0.3, 0.4) is 0 Å². The van der Waals surface area contributed by atoms with Crippen molar-refractivity contribution in [2.45, 2.75) is 60.7 Å². The first kappa shape index (κ1) is 27.7. The van der Waals surface area contributed by atoms with E-state index in [1.807, 2.05) is 26.3 Å². The predicted molar refractivity (Wildman–Crippen MR) is 161 cm³/mol. The van der Waals surface area contributed by atoms with Crippen molar-refractivity contribution >= 4 is 68.6 Å². The van der Waals surface area contributed by atoms with Crippen molar-refractivity contribution in [1.29, 1.82) is 0 Å². The van der Waals surface area contributed by atoms with E-state index >= 15 is 0 Å². The minimum atomic E-state index is -1.20. The normalized spacial score (nSPS) is 19.3. The average molecular weight is 617 g/mol. The summed E-state index contributed by atoms with van der Waals surface area (Å²) < 4.78 is 16.2. The third-order valence-electron chi connectivity index (χ3n) is 7.60. The highest BCUT2D eigenvalue weighted by Crippen LogP contribution is 2.53. The summed E-state index contributed by atoms with van der Waals surface area (Å²) in [4.78, 5) is 37.1. The van der Waals surface area contributed by atoms with Crippen LogP contribution in [-0.4, -0.2) is 47.3 Å². The number of piperidine rings is 1. The molecule has 4 heterocycles. The van der Waals surface area contributed by atoms with Gasteiger partial charge in [-0.3, -0.25) is 4.79 Å². The van der Waals surface area contributed by atoms with Gasteiger partial charge in [-0.1, -0.05) is 23.4 Å². The number of H-pyrrole nitrogens is 1. The molecule has 1 spiro atoms. The third-order valence-corrected chi connectivity index (χ3v) is 11.6. The van der Waals surface area contributed by atoms with Crippen LogP contribution in [0.2, 0.25) is 5.02 Å². The SMILES string of the molecule is CC(C)(C)[S@+]([O-])N[C@@H]1c2ncsc2CC12CCN(c1cnc(Sc3ccc4nc[nH]c(=O)c4c3Cl)c(N)n1)CC2. The first-order valence-corrected chi connectivity index (χ1v) is 16.1. The fraction of sp³-hybridized carbons (Fsp3) is 0.423. The molecular formula is C26H29ClN8O2S3. The number of halogens is 1. The van der Waals surface area contributed by atoms with Crippen LogP contribution in [0.15, 0.2) is 44.9 Å². The lowest BCUT2D eigenvalue weighted by molar-refractivity contribution is 0.174. The molecule has 0 bridgehead atoms. The van der Waals surface area contributed by atoms with E-state index in [0.717, 1.165) is 43.9 Å². The zero-order valence-corrected chi connectivity index (χ0v) is 25.4. The topological polar surface area (TPSA) is 149 Å². The second kappa shape index (κ2) is 10.4. The number of hydrogen-bond acceptors (Lipinski definition) is 11. The average Bonchev–Trinajstić information content (AvgIpc) is 3.47. The number of aromatic amines is 1. The zero-order chi connectivity index (χ0) is 28.2. The molecule has 1 fully saturated rings. The Morgan fingerprint density at radius 1 is 1.27 bits per heavy atom. The van der Waals surface area contributed by atoms with E-state index in [4.69, 9.17) is 17.3 Å². The molecule has 0 unspecified atom stereocenters. The summed E-state index contributed by atoms with van der Waals surface area (Å²) in [6.45, 7) is 7.51. The molecule has 14 heteroatoms. The number of nitrogens with one attached hydrogen (secondary N) is 2. The Labute approximate surface area is 247 Å². The number of rotatable bonds is 5. The Bertz CT molecular complexity index is 1630. The number of nitrogens with two attached hydrogens (primary N) is 1. The summed E-state index contributed by atoms with van der Waals surface area (Å²) in [6.07, 6.45) is 5.83. The number of fused-ring (bicyclic) bond motifs is 2. The molecule has 1 aliphatic carbocycles. The third kappa shape index (κ3) is 4.96. The molecule has 40 heavy (non-hydrogen) atoms. The number of nitrogen functional groups attached to an aromatic ring is 1. The molecule has 0 saturated carbocycles. The molecule has 2 atom stereocenters. The summed E-state index contributed by atoms with van der Waals surface area (Å²) >= 11 is 8.30. The van der Waals surface area contributed by atoms with E-state index < -0.39 is 11.4 Å². The van der Waals surface area contributed by atoms with Gasteiger partial charge >= 0.3 is 0 Å². The zero-order valence-electron chi connectivity index (χ0n) is 22.2. The van der Waals surface area contributed by atoms with Crippen molar-refractivity contribution in [3.63, 3.8) is 0 Å². The van der Waals surface area contributed by atoms with E-state index in [2.05, 4.69) is 34.5 Å². The summed E-state index contributed by atoms with van der Waals surface area (Å²) in [6, 6.07) is 3.50. The molecule has 4 aromatic rings. The lowest BCUT2D eigenvalue weighted by Gasteiger charge is -2.43. The Morgan fingerprint density at radius 2 is 2.05 bits per heavy atom. The van der Waals surface area contributed by atoms with Crippen LogP contribution in [0.4, 0.5) is 11.6 Å². The van der Waals surface area contributed by atoms with Crippen molar-refractivity contribution in [2.24, 2.45) is 5.41 Å². The van der Waals surface area contributed by atoms with Crippen LogP contribution < -0.4 is 20.9 Å². The highest BCUT2D eigenvalue weighted by molar-refractivity contribution is 7.99. The lowest BCUT2D eigenvalue weighted by atomic mass is 9.73. The second-order valence-electron chi connectivity index (χ2n) is 11.1. The molecular weight excluding hydrogens is 588 g/mol. The van der Waals surface area contributed by atoms with Gasteiger partial charge in [0.2, 0.25) is 0 Å². The van der Waals surface area contributed by atoms with Crippen LogP contribution >= 0.6 is 34.7 Å². The van der Waals surface area contributed by atoms with Gasteiger partial charge in [0.15, 0.2) is 5.82 Å². The van der Waals surface area contributed by atoms with Gasteiger partial charge in [0.05, 0.1) is 39.7 Å². The Kier molecular flexibility index (Phi) is 7.24. The second-order valence-corrected chi connectivity index (χ2v) is 15.5. The number of hydrogen-bond donors (Lipinski definition) is 3. The van der Waals surface area contributed by atoms with E-state index in [1.165, 1.54) is 23.0 Å². The molecule has 0 amide bonds. The highest BCUT2D eigenvalue weighted by Gasteiger charge is 2.52. The van der Waals surface area contributed by atoms with Gasteiger partial charge in [-0.2, -0.15) is 0 Å². The molecule has 6 rings (SSSR count). The van der Waals surface area contributed by atoms with Crippen molar-refractivity contribution in [2.75, 3.05) is 23.7 Å². The van der Waals surface area contributed by atoms with Crippen LogP contribution in [-0.2, 0) is 17.8 Å². The maximum absolute atomic E-state index is 13.1. The quantitative estimate of drug-likeness (QED) is 0.274. The standard InChI is InChI=1S/C26H29ClN8O2S3/c1-25(2,3)40(37)34-21-20-16(38-13-32-20)10-26(21)6-8-35(9-7-26)17-11-29-24(22(28)33-17)39-15-5-4-14-18(19(15)27)23(36)31-12-30-14/h4-5,11-13,21,34H,6-10H2,1-3H3,(H2,28,33)(H,30,31,36)/t21-,40+/m1/s1. The van der Waals surface area contributed by atoms with Crippen LogP contribution in [0.1, 0.15) is 50.2 Å². The van der Waals surface area contributed by atoms with Gasteiger partial charge in [-0.15, -0.1) is 16.1 Å². The van der Waals surface area contributed by atoms with Gasteiger partial charge in [-0.25, -0.2) is 19.9 Å². The lowest BCUT2D eigenvalue weighted by Crippen LogP contribution is -2.50. The number of nitrogens with zero attached hydrogens (tertiary/aromatic N) is 5. The number of aromatic nitrogens is 5. The molecule has 0 radical (unpaired) electrons. The monoisotopic (exact) mass is 616 g/mol. The molecule has 1 aromatic carbocycles. The van der Waals surface area contributed by atoms with Gasteiger partial charge < -0.3 is 20.2 Å². The van der Waals surface area contributed by atoms with Gasteiger partial charge in [0, 0.05) is 39.6 Å². The molecule has 10 nitrogen and oxygen atoms in total. The smallest absolute Gasteiger partial charge is 0.260 e. The number of benzene rings is 1. The molecule has 1 aliphatic heterocycles. The van der Waals surface area contributed by atoms with Crippen molar-refractivity contribution < 1.29 is 4.55 Å². The van der Waals surface area contributed by atoms with Crippen molar-refractivity contribution in [3.8, 4) is 0 Å². The van der Waals surface area contributed by atoms with Crippen molar-refractivity contribution in [3.05, 3.63) is 56.1 Å². The van der Waals surface area contributed by atoms with Crippen LogP contribution in [0, 0.1) is 5.41 Å². The number of anilines is 2. The van der Waals surface area contributed by atoms with E-state index in [0.29, 0.717) is 31.7 Å². The first-order valence-electron chi connectivity index (χ1n) is 12.9. The summed E-state index contributed by atoms with van der Waals surface area (Å²) in [7, 11) is 0. The Morgan fingerprint density at radius 3 is 2.77 bits per heavy atom. The maximum Gasteiger partial charge on any atom is 0.260 e. The molecule has 210 valence electrons. The number of thiazole rings is 1. The Hall–Kier alpha value is -2.42. The summed E-state index contributed by atoms with van der Waals surface area (Å²) in [5.41, 5.74) is 9.46. The predicted octanol–water partition coefficient (Wildman–Crippen LogP) is 4.49. The highest BCUT2D eigenvalue weighted by atomic mass is 35.5. The minimum absolute atomic E-state index is 0.0405. The van der Waals surface area contributed by atoms with E-state index in [9.17, 15) is 9.35 Å². The van der Waals surface area contributed by atoms with Crippen LogP contribution in [0.5, 0.6) is 0 Å². The van der Waals surface area contributed by atoms with E-state index in [-0.39, 0.29) is 21.8 Å². The molecule has 3 aromatic heterocycles. The van der Waals surface area contributed by atoms with Crippen molar-refractivity contribution in [1.82, 2.24) is 29.6 Å². The van der Waals surface area contributed by atoms with Gasteiger partial charge in [0.1, 0.15) is 21.6 Å². The molecule has 2 aliphatic rings. The fourth-order valence-corrected chi connectivity index (χ4v) is 8.41. The maximum atomic E-state index is 13.1.